The number of alkyl halides is 3. The van der Waals surface area contributed by atoms with Gasteiger partial charge in [-0.15, -0.1) is 0 Å². The third kappa shape index (κ3) is 4.98. The molecule has 0 unspecified atom stereocenters. The van der Waals surface area contributed by atoms with Gasteiger partial charge in [-0.25, -0.2) is 0 Å². The fourth-order valence-electron chi connectivity index (χ4n) is 3.71. The summed E-state index contributed by atoms with van der Waals surface area (Å²) in [5.41, 5.74) is 0.656. The molecule has 0 saturated carbocycles. The number of piperazine rings is 1. The quantitative estimate of drug-likeness (QED) is 0.536. The number of hydrogen-bond acceptors (Lipinski definition) is 4. The number of hydrogen-bond donors (Lipinski definition) is 0. The van der Waals surface area contributed by atoms with Gasteiger partial charge in [0, 0.05) is 52.0 Å². The molecule has 1 fully saturated rings. The fraction of sp³-hybridized carbons (Fsp3) is 0.409. The van der Waals surface area contributed by atoms with Gasteiger partial charge in [-0.1, -0.05) is 6.07 Å². The molecule has 1 aliphatic rings. The van der Waals surface area contributed by atoms with Crippen molar-refractivity contribution in [1.29, 1.82) is 0 Å². The van der Waals surface area contributed by atoms with Gasteiger partial charge >= 0.3 is 6.18 Å². The second-order valence-corrected chi connectivity index (χ2v) is 7.14. The van der Waals surface area contributed by atoms with E-state index < -0.39 is 11.7 Å². The Kier molecular flexibility index (Phi) is 6.82. The van der Waals surface area contributed by atoms with Gasteiger partial charge in [-0.3, -0.25) is 4.99 Å². The minimum absolute atomic E-state index is 0.313. The number of benzene rings is 2. The van der Waals surface area contributed by atoms with Crippen LogP contribution in [0, 0.1) is 0 Å². The van der Waals surface area contributed by atoms with E-state index in [-0.39, 0.29) is 0 Å². The van der Waals surface area contributed by atoms with Gasteiger partial charge in [0.05, 0.1) is 25.5 Å². The van der Waals surface area contributed by atoms with Crippen molar-refractivity contribution in [1.82, 2.24) is 4.90 Å². The van der Waals surface area contributed by atoms with Crippen LogP contribution >= 0.6 is 0 Å². The molecule has 2 aromatic rings. The van der Waals surface area contributed by atoms with Gasteiger partial charge in [-0.05, 0) is 30.3 Å². The first-order chi connectivity index (χ1) is 14.8. The normalized spacial score (nSPS) is 15.1. The third-order valence-electron chi connectivity index (χ3n) is 5.35. The number of halogens is 3. The predicted molar refractivity (Wildman–Crippen MR) is 117 cm³/mol. The molecule has 0 amide bonds. The van der Waals surface area contributed by atoms with E-state index in [1.807, 2.05) is 24.3 Å². The summed E-state index contributed by atoms with van der Waals surface area (Å²) in [5.74, 6) is 1.74. The summed E-state index contributed by atoms with van der Waals surface area (Å²) in [6, 6.07) is 11.3. The Morgan fingerprint density at radius 1 is 1.00 bits per heavy atom. The molecule has 0 spiro atoms. The van der Waals surface area contributed by atoms with Crippen LogP contribution in [-0.2, 0) is 6.18 Å². The summed E-state index contributed by atoms with van der Waals surface area (Å²) in [7, 11) is 6.42. The lowest BCUT2D eigenvalue weighted by atomic mass is 10.1. The second-order valence-electron chi connectivity index (χ2n) is 7.14. The zero-order chi connectivity index (χ0) is 22.6. The molecule has 0 aromatic heterocycles. The van der Waals surface area contributed by atoms with Gasteiger partial charge in [0.1, 0.15) is 11.5 Å². The topological polar surface area (TPSA) is 40.5 Å². The Bertz CT molecular complexity index is 925. The SMILES string of the molecule is CN=C(N1CCN(c2cccc(OC)c2)CC1)N(C)c1cc(C(F)(F)F)ccc1OC. The molecular formula is C22H27F3N4O2. The number of rotatable bonds is 4. The average Bonchev–Trinajstić information content (AvgIpc) is 2.79. The van der Waals surface area contributed by atoms with Crippen molar-refractivity contribution >= 4 is 17.3 Å². The lowest BCUT2D eigenvalue weighted by Crippen LogP contribution is -2.53. The van der Waals surface area contributed by atoms with Crippen molar-refractivity contribution in [3.8, 4) is 11.5 Å². The van der Waals surface area contributed by atoms with Crippen LogP contribution in [-0.4, -0.2) is 65.4 Å². The van der Waals surface area contributed by atoms with E-state index >= 15 is 0 Å². The zero-order valence-electron chi connectivity index (χ0n) is 18.1. The Morgan fingerprint density at radius 2 is 1.71 bits per heavy atom. The predicted octanol–water partition coefficient (Wildman–Crippen LogP) is 3.97. The van der Waals surface area contributed by atoms with Crippen molar-refractivity contribution in [2.24, 2.45) is 4.99 Å². The van der Waals surface area contributed by atoms with Crippen LogP contribution in [0.4, 0.5) is 24.5 Å². The summed E-state index contributed by atoms with van der Waals surface area (Å²) in [6.45, 7) is 2.85. The van der Waals surface area contributed by atoms with Crippen molar-refractivity contribution < 1.29 is 22.6 Å². The summed E-state index contributed by atoms with van der Waals surface area (Å²) in [5, 5.41) is 0. The first-order valence-electron chi connectivity index (χ1n) is 9.88. The maximum Gasteiger partial charge on any atom is 0.416 e. The van der Waals surface area contributed by atoms with E-state index in [2.05, 4.69) is 14.8 Å². The Morgan fingerprint density at radius 3 is 2.29 bits per heavy atom. The molecule has 1 heterocycles. The largest absolute Gasteiger partial charge is 0.497 e. The fourth-order valence-corrected chi connectivity index (χ4v) is 3.71. The number of methoxy groups -OCH3 is 2. The monoisotopic (exact) mass is 436 g/mol. The van der Waals surface area contributed by atoms with Crippen LogP contribution in [0.2, 0.25) is 0 Å². The summed E-state index contributed by atoms with van der Waals surface area (Å²) >= 11 is 0. The molecule has 1 saturated heterocycles. The molecule has 6 nitrogen and oxygen atoms in total. The molecule has 0 bridgehead atoms. The van der Waals surface area contributed by atoms with E-state index in [4.69, 9.17) is 9.47 Å². The molecule has 0 atom stereocenters. The molecule has 3 rings (SSSR count). The highest BCUT2D eigenvalue weighted by Gasteiger charge is 2.32. The van der Waals surface area contributed by atoms with E-state index in [0.29, 0.717) is 30.5 Å². The summed E-state index contributed by atoms with van der Waals surface area (Å²) in [6.07, 6.45) is -4.44. The number of aliphatic imine (C=N–C) groups is 1. The third-order valence-corrected chi connectivity index (χ3v) is 5.35. The maximum absolute atomic E-state index is 13.2. The number of anilines is 2. The average molecular weight is 436 g/mol. The van der Waals surface area contributed by atoms with E-state index in [9.17, 15) is 13.2 Å². The maximum atomic E-state index is 13.2. The lowest BCUT2D eigenvalue weighted by Gasteiger charge is -2.40. The summed E-state index contributed by atoms with van der Waals surface area (Å²) in [4.78, 5) is 10.3. The lowest BCUT2D eigenvalue weighted by molar-refractivity contribution is -0.137. The van der Waals surface area contributed by atoms with E-state index in [1.165, 1.54) is 13.2 Å². The van der Waals surface area contributed by atoms with Crippen molar-refractivity contribution in [3.63, 3.8) is 0 Å². The Labute approximate surface area is 180 Å². The Hall–Kier alpha value is -3.10. The van der Waals surface area contributed by atoms with Crippen LogP contribution in [0.1, 0.15) is 5.56 Å². The van der Waals surface area contributed by atoms with Crippen molar-refractivity contribution in [2.45, 2.75) is 6.18 Å². The van der Waals surface area contributed by atoms with Gasteiger partial charge in [0.2, 0.25) is 5.96 Å². The molecule has 0 radical (unpaired) electrons. The van der Waals surface area contributed by atoms with E-state index in [1.54, 1.807) is 26.1 Å². The van der Waals surface area contributed by atoms with Gasteiger partial charge in [-0.2, -0.15) is 13.2 Å². The number of guanidine groups is 1. The molecule has 2 aromatic carbocycles. The van der Waals surface area contributed by atoms with E-state index in [0.717, 1.165) is 36.7 Å². The smallest absolute Gasteiger partial charge is 0.416 e. The molecule has 1 aliphatic heterocycles. The number of ether oxygens (including phenoxy) is 2. The van der Waals surface area contributed by atoms with Crippen LogP contribution in [0.25, 0.3) is 0 Å². The molecule has 0 aliphatic carbocycles. The molecule has 0 N–H and O–H groups in total. The molecular weight excluding hydrogens is 409 g/mol. The van der Waals surface area contributed by atoms with Crippen LogP contribution in [0.3, 0.4) is 0 Å². The minimum atomic E-state index is -4.44. The zero-order valence-corrected chi connectivity index (χ0v) is 18.1. The first-order valence-corrected chi connectivity index (χ1v) is 9.88. The summed E-state index contributed by atoms with van der Waals surface area (Å²) < 4.78 is 50.4. The molecule has 31 heavy (non-hydrogen) atoms. The van der Waals surface area contributed by atoms with Crippen LogP contribution in [0.15, 0.2) is 47.5 Å². The van der Waals surface area contributed by atoms with Gasteiger partial charge in [0.25, 0.3) is 0 Å². The van der Waals surface area contributed by atoms with Gasteiger partial charge < -0.3 is 24.2 Å². The second kappa shape index (κ2) is 9.36. The highest BCUT2D eigenvalue weighted by Crippen LogP contribution is 2.36. The van der Waals surface area contributed by atoms with Gasteiger partial charge in [0.15, 0.2) is 0 Å². The highest BCUT2D eigenvalue weighted by molar-refractivity contribution is 5.97. The van der Waals surface area contributed by atoms with Crippen molar-refractivity contribution in [3.05, 3.63) is 48.0 Å². The van der Waals surface area contributed by atoms with Crippen molar-refractivity contribution in [2.75, 3.05) is 64.3 Å². The number of nitrogens with zero attached hydrogens (tertiary/aromatic N) is 4. The van der Waals surface area contributed by atoms with Crippen LogP contribution < -0.4 is 19.3 Å². The molecule has 9 heteroatoms. The first kappa shape index (κ1) is 22.6. The Balaban J connectivity index is 1.77. The highest BCUT2D eigenvalue weighted by atomic mass is 19.4. The molecule has 168 valence electrons. The van der Waals surface area contributed by atoms with Crippen LogP contribution in [0.5, 0.6) is 11.5 Å². The standard InChI is InChI=1S/C22H27F3N4O2/c1-26-21(27(2)19-14-16(22(23,24)25)8-9-20(19)31-4)29-12-10-28(11-13-29)17-6-5-7-18(15-17)30-3/h5-9,14-15H,10-13H2,1-4H3. The minimum Gasteiger partial charge on any atom is -0.497 e.